The molecule has 1 aromatic carbocycles. The highest BCUT2D eigenvalue weighted by molar-refractivity contribution is 9.10. The van der Waals surface area contributed by atoms with Crippen molar-refractivity contribution < 1.29 is 4.79 Å². The van der Waals surface area contributed by atoms with E-state index in [9.17, 15) is 4.79 Å². The number of nitrogens with one attached hydrogen (secondary N) is 1. The van der Waals surface area contributed by atoms with E-state index in [4.69, 9.17) is 5.73 Å². The Bertz CT molecular complexity index is 560. The Labute approximate surface area is 120 Å². The number of hydrogen-bond donors (Lipinski definition) is 2. The highest BCUT2D eigenvalue weighted by atomic mass is 79.9. The Hall–Kier alpha value is -1.72. The molecule has 0 saturated heterocycles. The lowest BCUT2D eigenvalue weighted by atomic mass is 10.1. The maximum atomic E-state index is 12.0. The minimum atomic E-state index is -0.588. The van der Waals surface area contributed by atoms with Crippen LogP contribution in [0.3, 0.4) is 0 Å². The molecular weight excluding hydrogens is 306 g/mol. The van der Waals surface area contributed by atoms with Crippen molar-refractivity contribution in [3.8, 4) is 0 Å². The van der Waals surface area contributed by atoms with Crippen LogP contribution in [0.4, 0.5) is 5.69 Å². The number of aromatic nitrogens is 1. The third kappa shape index (κ3) is 3.87. The van der Waals surface area contributed by atoms with E-state index in [1.807, 2.05) is 30.3 Å². The largest absolute Gasteiger partial charge is 0.322 e. The number of carbonyl (C=O) groups is 1. The molecule has 0 radical (unpaired) electrons. The molecule has 1 aromatic heterocycles. The molecule has 0 aliphatic carbocycles. The third-order valence-corrected chi connectivity index (χ3v) is 3.28. The third-order valence-electron chi connectivity index (χ3n) is 2.65. The molecule has 3 N–H and O–H groups in total. The van der Waals surface area contributed by atoms with Crippen molar-refractivity contribution in [1.82, 2.24) is 4.98 Å². The Balaban J connectivity index is 1.99. The molecule has 0 saturated carbocycles. The second-order valence-electron chi connectivity index (χ2n) is 4.13. The zero-order chi connectivity index (χ0) is 13.7. The van der Waals surface area contributed by atoms with Gasteiger partial charge in [0.05, 0.1) is 11.7 Å². The first-order valence-corrected chi connectivity index (χ1v) is 6.67. The summed E-state index contributed by atoms with van der Waals surface area (Å²) in [7, 11) is 0. The monoisotopic (exact) mass is 319 g/mol. The first-order chi connectivity index (χ1) is 9.16. The average Bonchev–Trinajstić information content (AvgIpc) is 2.42. The van der Waals surface area contributed by atoms with Crippen LogP contribution in [-0.4, -0.2) is 16.9 Å². The van der Waals surface area contributed by atoms with Gasteiger partial charge in [-0.05, 0) is 40.0 Å². The van der Waals surface area contributed by atoms with Crippen molar-refractivity contribution in [1.29, 1.82) is 0 Å². The predicted octanol–water partition coefficient (Wildman–Crippen LogP) is 2.35. The van der Waals surface area contributed by atoms with E-state index in [0.29, 0.717) is 16.7 Å². The summed E-state index contributed by atoms with van der Waals surface area (Å²) in [5.41, 5.74) is 7.56. The molecule has 0 unspecified atom stereocenters. The van der Waals surface area contributed by atoms with Gasteiger partial charge in [0.15, 0.2) is 0 Å². The first kappa shape index (κ1) is 13.7. The number of benzene rings is 1. The van der Waals surface area contributed by atoms with E-state index in [0.717, 1.165) is 5.56 Å². The second-order valence-corrected chi connectivity index (χ2v) is 4.88. The summed E-state index contributed by atoms with van der Waals surface area (Å²) in [4.78, 5) is 16.0. The summed E-state index contributed by atoms with van der Waals surface area (Å²) in [5.74, 6) is -0.224. The lowest BCUT2D eigenvalue weighted by Gasteiger charge is -2.12. The van der Waals surface area contributed by atoms with E-state index >= 15 is 0 Å². The molecular formula is C14H14BrN3O. The second kappa shape index (κ2) is 6.45. The predicted molar refractivity (Wildman–Crippen MR) is 78.7 cm³/mol. The molecule has 98 valence electrons. The smallest absolute Gasteiger partial charge is 0.241 e. The van der Waals surface area contributed by atoms with Gasteiger partial charge in [0, 0.05) is 6.20 Å². The van der Waals surface area contributed by atoms with Crippen molar-refractivity contribution in [2.75, 3.05) is 5.32 Å². The fraction of sp³-hybridized carbons (Fsp3) is 0.143. The quantitative estimate of drug-likeness (QED) is 0.850. The molecule has 1 atom stereocenters. The van der Waals surface area contributed by atoms with Gasteiger partial charge >= 0.3 is 0 Å². The molecule has 2 aromatic rings. The number of nitrogens with zero attached hydrogens (tertiary/aromatic N) is 1. The van der Waals surface area contributed by atoms with E-state index in [1.54, 1.807) is 18.3 Å². The normalized spacial score (nSPS) is 11.9. The number of nitrogens with two attached hydrogens (primary N) is 1. The van der Waals surface area contributed by atoms with Gasteiger partial charge in [-0.25, -0.2) is 4.98 Å². The molecule has 0 bridgehead atoms. The topological polar surface area (TPSA) is 68.0 Å². The summed E-state index contributed by atoms with van der Waals surface area (Å²) >= 11 is 3.27. The molecule has 1 heterocycles. The molecule has 2 rings (SSSR count). The van der Waals surface area contributed by atoms with Crippen molar-refractivity contribution in [3.05, 3.63) is 58.8 Å². The zero-order valence-corrected chi connectivity index (χ0v) is 11.8. The fourth-order valence-electron chi connectivity index (χ4n) is 1.67. The Morgan fingerprint density at radius 2 is 2.00 bits per heavy atom. The van der Waals surface area contributed by atoms with Gasteiger partial charge in [0.25, 0.3) is 0 Å². The number of carbonyl (C=O) groups excluding carboxylic acids is 1. The van der Waals surface area contributed by atoms with Crippen molar-refractivity contribution in [2.45, 2.75) is 12.5 Å². The Morgan fingerprint density at radius 1 is 1.26 bits per heavy atom. The molecule has 5 heteroatoms. The fourth-order valence-corrected chi connectivity index (χ4v) is 2.01. The lowest BCUT2D eigenvalue weighted by molar-refractivity contribution is -0.117. The van der Waals surface area contributed by atoms with Crippen molar-refractivity contribution in [3.63, 3.8) is 0 Å². The summed E-state index contributed by atoms with van der Waals surface area (Å²) in [5, 5.41) is 2.76. The van der Waals surface area contributed by atoms with Crippen LogP contribution in [-0.2, 0) is 11.2 Å². The van der Waals surface area contributed by atoms with Crippen LogP contribution in [0, 0.1) is 0 Å². The number of anilines is 1. The molecule has 1 amide bonds. The lowest BCUT2D eigenvalue weighted by Crippen LogP contribution is -2.37. The van der Waals surface area contributed by atoms with E-state index in [1.165, 1.54) is 0 Å². The maximum absolute atomic E-state index is 12.0. The van der Waals surface area contributed by atoms with Crippen LogP contribution in [0.1, 0.15) is 5.56 Å². The number of halogens is 1. The van der Waals surface area contributed by atoms with Crippen LogP contribution >= 0.6 is 15.9 Å². The van der Waals surface area contributed by atoms with Gasteiger partial charge in [0.2, 0.25) is 5.91 Å². The minimum absolute atomic E-state index is 0.224. The summed E-state index contributed by atoms with van der Waals surface area (Å²) in [6.07, 6.45) is 2.15. The van der Waals surface area contributed by atoms with Crippen LogP contribution in [0.15, 0.2) is 53.3 Å². The number of rotatable bonds is 4. The minimum Gasteiger partial charge on any atom is -0.322 e. The van der Waals surface area contributed by atoms with Crippen LogP contribution in [0.2, 0.25) is 0 Å². The highest BCUT2D eigenvalue weighted by Gasteiger charge is 2.15. The Morgan fingerprint density at radius 3 is 2.68 bits per heavy atom. The van der Waals surface area contributed by atoms with E-state index in [-0.39, 0.29) is 5.91 Å². The van der Waals surface area contributed by atoms with Gasteiger partial charge in [-0.3, -0.25) is 4.79 Å². The average molecular weight is 320 g/mol. The van der Waals surface area contributed by atoms with Crippen molar-refractivity contribution in [2.24, 2.45) is 5.73 Å². The maximum Gasteiger partial charge on any atom is 0.241 e. The summed E-state index contributed by atoms with van der Waals surface area (Å²) < 4.78 is 0.593. The molecule has 0 fully saturated rings. The SMILES string of the molecule is N[C@H](Cc1ccccc1)C(=O)Nc1cccnc1Br. The highest BCUT2D eigenvalue weighted by Crippen LogP contribution is 2.18. The van der Waals surface area contributed by atoms with Gasteiger partial charge in [-0.2, -0.15) is 0 Å². The molecule has 0 aliphatic rings. The van der Waals surface area contributed by atoms with Crippen LogP contribution in [0.5, 0.6) is 0 Å². The summed E-state index contributed by atoms with van der Waals surface area (Å²) in [6, 6.07) is 12.6. The first-order valence-electron chi connectivity index (χ1n) is 5.87. The van der Waals surface area contributed by atoms with Gasteiger partial charge < -0.3 is 11.1 Å². The van der Waals surface area contributed by atoms with Crippen LogP contribution in [0.25, 0.3) is 0 Å². The molecule has 0 spiro atoms. The Kier molecular flexibility index (Phi) is 4.65. The van der Waals surface area contributed by atoms with Crippen molar-refractivity contribution >= 4 is 27.5 Å². The van der Waals surface area contributed by atoms with E-state index in [2.05, 4.69) is 26.2 Å². The molecule has 0 aliphatic heterocycles. The molecule has 19 heavy (non-hydrogen) atoms. The standard InChI is InChI=1S/C14H14BrN3O/c15-13-12(7-4-8-17-13)18-14(19)11(16)9-10-5-2-1-3-6-10/h1-8,11H,9,16H2,(H,18,19)/t11-/m1/s1. The summed E-state index contributed by atoms with van der Waals surface area (Å²) in [6.45, 7) is 0. The number of hydrogen-bond acceptors (Lipinski definition) is 3. The number of amides is 1. The molecule has 4 nitrogen and oxygen atoms in total. The van der Waals surface area contributed by atoms with E-state index < -0.39 is 6.04 Å². The zero-order valence-electron chi connectivity index (χ0n) is 10.2. The van der Waals surface area contributed by atoms with Gasteiger partial charge in [-0.1, -0.05) is 30.3 Å². The van der Waals surface area contributed by atoms with Crippen LogP contribution < -0.4 is 11.1 Å². The van der Waals surface area contributed by atoms with Gasteiger partial charge in [-0.15, -0.1) is 0 Å². The van der Waals surface area contributed by atoms with Gasteiger partial charge in [0.1, 0.15) is 4.60 Å². The number of pyridine rings is 1.